The largest absolute Gasteiger partial charge is 0.480 e. The number of primary amides is 1. The van der Waals surface area contributed by atoms with Gasteiger partial charge in [0.05, 0.1) is 6.04 Å². The van der Waals surface area contributed by atoms with E-state index in [1.807, 2.05) is 24.3 Å². The molecule has 2 aromatic rings. The number of aromatic amines is 1. The zero-order valence-corrected chi connectivity index (χ0v) is 22.4. The summed E-state index contributed by atoms with van der Waals surface area (Å²) >= 11 is 4.16. The molecule has 11 N–H and O–H groups in total. The number of carbonyl (C=O) groups is 5. The Labute approximate surface area is 231 Å². The molecule has 1 aromatic carbocycles. The van der Waals surface area contributed by atoms with Crippen molar-refractivity contribution in [3.8, 4) is 0 Å². The zero-order chi connectivity index (χ0) is 28.9. The number of hydrogen-bond donors (Lipinski definition) is 9. The maximum atomic E-state index is 13.2. The van der Waals surface area contributed by atoms with E-state index >= 15 is 0 Å². The lowest BCUT2D eigenvalue weighted by atomic mass is 10.0. The van der Waals surface area contributed by atoms with Crippen LogP contribution in [0.1, 0.15) is 37.7 Å². The number of aromatic nitrogens is 1. The molecular formula is C25H37N7O6S. The van der Waals surface area contributed by atoms with Crippen LogP contribution in [0.4, 0.5) is 0 Å². The van der Waals surface area contributed by atoms with Gasteiger partial charge in [-0.1, -0.05) is 24.6 Å². The third-order valence-corrected chi connectivity index (χ3v) is 6.51. The average Bonchev–Trinajstić information content (AvgIpc) is 3.31. The van der Waals surface area contributed by atoms with Crippen molar-refractivity contribution in [1.82, 2.24) is 20.9 Å². The first kappa shape index (κ1) is 31.6. The first-order valence-electron chi connectivity index (χ1n) is 12.6. The van der Waals surface area contributed by atoms with Crippen molar-refractivity contribution < 1.29 is 29.1 Å². The Bertz CT molecular complexity index is 1160. The lowest BCUT2D eigenvalue weighted by molar-refractivity contribution is -0.142. The van der Waals surface area contributed by atoms with Gasteiger partial charge in [0, 0.05) is 35.7 Å². The van der Waals surface area contributed by atoms with Crippen LogP contribution in [0.5, 0.6) is 0 Å². The number of nitrogens with one attached hydrogen (secondary N) is 4. The fourth-order valence-electron chi connectivity index (χ4n) is 3.93. The highest BCUT2D eigenvalue weighted by Crippen LogP contribution is 2.19. The van der Waals surface area contributed by atoms with Crippen molar-refractivity contribution >= 4 is 53.1 Å². The molecule has 0 bridgehead atoms. The number of aliphatic carboxylic acids is 1. The van der Waals surface area contributed by atoms with Gasteiger partial charge in [-0.15, -0.1) is 0 Å². The number of carboxylic acids is 1. The number of nitrogens with two attached hydrogens (primary N) is 3. The van der Waals surface area contributed by atoms with E-state index in [4.69, 9.17) is 17.2 Å². The van der Waals surface area contributed by atoms with Crippen LogP contribution < -0.4 is 33.2 Å². The third kappa shape index (κ3) is 9.89. The van der Waals surface area contributed by atoms with Crippen LogP contribution >= 0.6 is 12.6 Å². The Morgan fingerprint density at radius 2 is 1.56 bits per heavy atom. The number of rotatable bonds is 17. The molecular weight excluding hydrogens is 526 g/mol. The highest BCUT2D eigenvalue weighted by atomic mass is 32.1. The Hall–Kier alpha value is -3.62. The summed E-state index contributed by atoms with van der Waals surface area (Å²) in [6.45, 7) is 0.473. The van der Waals surface area contributed by atoms with Gasteiger partial charge in [0.25, 0.3) is 0 Å². The second-order valence-electron chi connectivity index (χ2n) is 9.16. The first-order chi connectivity index (χ1) is 18.6. The summed E-state index contributed by atoms with van der Waals surface area (Å²) in [5.41, 5.74) is 18.0. The predicted molar refractivity (Wildman–Crippen MR) is 149 cm³/mol. The molecule has 4 atom stereocenters. The molecule has 13 nitrogen and oxygen atoms in total. The molecule has 0 aliphatic rings. The van der Waals surface area contributed by atoms with Gasteiger partial charge in [-0.25, -0.2) is 4.79 Å². The number of hydrogen-bond acceptors (Lipinski definition) is 8. The highest BCUT2D eigenvalue weighted by molar-refractivity contribution is 7.80. The summed E-state index contributed by atoms with van der Waals surface area (Å²) in [6, 6.07) is 2.77. The summed E-state index contributed by atoms with van der Waals surface area (Å²) in [5.74, 6) is -4.18. The van der Waals surface area contributed by atoms with E-state index in [1.165, 1.54) is 0 Å². The second-order valence-corrected chi connectivity index (χ2v) is 9.53. The van der Waals surface area contributed by atoms with Crippen molar-refractivity contribution in [1.29, 1.82) is 0 Å². The molecule has 0 saturated carbocycles. The molecule has 0 aliphatic heterocycles. The SMILES string of the molecule is NCCCCC(N)C(=O)NC(CS)C(=O)NC(Cc1c[nH]c2ccccc12)C(=O)NC(CCC(N)=O)C(=O)O. The van der Waals surface area contributed by atoms with E-state index in [9.17, 15) is 29.1 Å². The fraction of sp³-hybridized carbons (Fsp3) is 0.480. The lowest BCUT2D eigenvalue weighted by Gasteiger charge is -2.24. The molecule has 4 amide bonds. The molecule has 214 valence electrons. The van der Waals surface area contributed by atoms with Gasteiger partial charge in [-0.3, -0.25) is 19.2 Å². The van der Waals surface area contributed by atoms with Crippen molar-refractivity contribution in [2.24, 2.45) is 17.2 Å². The van der Waals surface area contributed by atoms with Crippen molar-refractivity contribution in [3.05, 3.63) is 36.0 Å². The normalized spacial score (nSPS) is 14.1. The number of fused-ring (bicyclic) bond motifs is 1. The molecule has 0 radical (unpaired) electrons. The van der Waals surface area contributed by atoms with E-state index in [1.54, 1.807) is 6.20 Å². The standard InChI is InChI=1S/C25H37N7O6S/c26-10-4-3-6-16(27)22(34)32-20(13-39)24(36)31-19(11-14-12-29-17-7-2-1-5-15(14)17)23(35)30-18(25(37)38)8-9-21(28)33/h1-2,5,7,12,16,18-20,29,39H,3-4,6,8-11,13,26-27H2,(H2,28,33)(H,30,35)(H,31,36)(H,32,34)(H,37,38). The van der Waals surface area contributed by atoms with Gasteiger partial charge in [-0.2, -0.15) is 12.6 Å². The Morgan fingerprint density at radius 3 is 2.21 bits per heavy atom. The highest BCUT2D eigenvalue weighted by Gasteiger charge is 2.30. The first-order valence-corrected chi connectivity index (χ1v) is 13.2. The summed E-state index contributed by atoms with van der Waals surface area (Å²) in [5, 5.41) is 17.9. The van der Waals surface area contributed by atoms with Gasteiger partial charge < -0.3 is 43.2 Å². The van der Waals surface area contributed by atoms with Crippen LogP contribution in [-0.4, -0.2) is 76.2 Å². The van der Waals surface area contributed by atoms with Crippen molar-refractivity contribution in [3.63, 3.8) is 0 Å². The fourth-order valence-corrected chi connectivity index (χ4v) is 4.19. The van der Waals surface area contributed by atoms with Crippen LogP contribution in [-0.2, 0) is 30.4 Å². The second kappa shape index (κ2) is 15.7. The Morgan fingerprint density at radius 1 is 0.923 bits per heavy atom. The van der Waals surface area contributed by atoms with Gasteiger partial charge in [0.1, 0.15) is 18.1 Å². The molecule has 0 fully saturated rings. The van der Waals surface area contributed by atoms with E-state index < -0.39 is 53.8 Å². The van der Waals surface area contributed by atoms with Crippen LogP contribution in [0.25, 0.3) is 10.9 Å². The van der Waals surface area contributed by atoms with Gasteiger partial charge >= 0.3 is 5.97 Å². The lowest BCUT2D eigenvalue weighted by Crippen LogP contribution is -2.58. The summed E-state index contributed by atoms with van der Waals surface area (Å²) in [6.07, 6.45) is 2.97. The minimum atomic E-state index is -1.40. The molecule has 0 spiro atoms. The quantitative estimate of drug-likeness (QED) is 0.0844. The molecule has 39 heavy (non-hydrogen) atoms. The number of benzene rings is 1. The monoisotopic (exact) mass is 563 g/mol. The molecule has 0 saturated heterocycles. The Balaban J connectivity index is 2.21. The molecule has 0 aliphatic carbocycles. The van der Waals surface area contributed by atoms with E-state index in [2.05, 4.69) is 33.6 Å². The minimum absolute atomic E-state index is 0.00951. The maximum absolute atomic E-state index is 13.2. The molecule has 1 heterocycles. The minimum Gasteiger partial charge on any atom is -0.480 e. The molecule has 14 heteroatoms. The van der Waals surface area contributed by atoms with E-state index in [0.717, 1.165) is 10.9 Å². The predicted octanol–water partition coefficient (Wildman–Crippen LogP) is -1.10. The summed E-state index contributed by atoms with van der Waals surface area (Å²) < 4.78 is 0. The van der Waals surface area contributed by atoms with E-state index in [-0.39, 0.29) is 25.0 Å². The van der Waals surface area contributed by atoms with Crippen molar-refractivity contribution in [2.75, 3.05) is 12.3 Å². The van der Waals surface area contributed by atoms with Crippen molar-refractivity contribution in [2.45, 2.75) is 62.7 Å². The molecule has 1 aromatic heterocycles. The maximum Gasteiger partial charge on any atom is 0.326 e. The third-order valence-electron chi connectivity index (χ3n) is 6.15. The number of unbranched alkanes of at least 4 members (excludes halogenated alkanes) is 1. The van der Waals surface area contributed by atoms with Crippen LogP contribution in [0.15, 0.2) is 30.5 Å². The zero-order valence-electron chi connectivity index (χ0n) is 21.5. The topological polar surface area (TPSA) is 236 Å². The Kier molecular flexibility index (Phi) is 12.7. The number of thiol groups is 1. The van der Waals surface area contributed by atoms with Gasteiger partial charge in [-0.05, 0) is 37.4 Å². The smallest absolute Gasteiger partial charge is 0.326 e. The van der Waals surface area contributed by atoms with Crippen LogP contribution in [0, 0.1) is 0 Å². The number of amides is 4. The number of H-pyrrole nitrogens is 1. The molecule has 4 unspecified atom stereocenters. The number of para-hydroxylation sites is 1. The summed E-state index contributed by atoms with van der Waals surface area (Å²) in [4.78, 5) is 64.8. The average molecular weight is 564 g/mol. The number of carboxylic acid groups (broad SMARTS) is 1. The summed E-state index contributed by atoms with van der Waals surface area (Å²) in [7, 11) is 0. The van der Waals surface area contributed by atoms with Gasteiger partial charge in [0.2, 0.25) is 23.6 Å². The van der Waals surface area contributed by atoms with Gasteiger partial charge in [0.15, 0.2) is 0 Å². The van der Waals surface area contributed by atoms with Crippen LogP contribution in [0.2, 0.25) is 0 Å². The van der Waals surface area contributed by atoms with E-state index in [0.29, 0.717) is 31.4 Å². The number of carbonyl (C=O) groups excluding carboxylic acids is 4. The van der Waals surface area contributed by atoms with Crippen LogP contribution in [0.3, 0.4) is 0 Å². The molecule has 2 rings (SSSR count).